The summed E-state index contributed by atoms with van der Waals surface area (Å²) in [6.45, 7) is 12.4. The molecule has 0 radical (unpaired) electrons. The molecule has 148 valence electrons. The molecule has 4 amide bonds. The number of hydrogen-bond donors (Lipinski definition) is 2. The molecule has 2 fully saturated rings. The van der Waals surface area contributed by atoms with E-state index in [0.717, 1.165) is 24.2 Å². The number of rotatable bonds is 6. The molecule has 0 aromatic carbocycles. The minimum atomic E-state index is -0.845. The normalized spacial score (nSPS) is 29.2. The molecule has 1 saturated heterocycles. The lowest BCUT2D eigenvalue weighted by atomic mass is 9.64. The van der Waals surface area contributed by atoms with Crippen molar-refractivity contribution >= 4 is 17.8 Å². The van der Waals surface area contributed by atoms with Gasteiger partial charge in [0.2, 0.25) is 5.91 Å². The number of hydrogen-bond acceptors (Lipinski definition) is 3. The first-order valence-corrected chi connectivity index (χ1v) is 9.87. The Bertz CT molecular complexity index is 573. The standard InChI is InChI=1S/C20H35N3O3/c1-13(2)7-8-15(4)21-16(24)11-23-17(25)20(22-18(23)26)10-14(3)9-19(5,6)12-20/h13-15H,7-12H2,1-6H3,(H,21,24)(H,22,26). The predicted octanol–water partition coefficient (Wildman–Crippen LogP) is 3.06. The largest absolute Gasteiger partial charge is 0.352 e. The zero-order valence-corrected chi connectivity index (χ0v) is 17.1. The van der Waals surface area contributed by atoms with Gasteiger partial charge in [-0.25, -0.2) is 4.79 Å². The number of nitrogens with zero attached hydrogens (tertiary/aromatic N) is 1. The molecule has 0 aromatic heterocycles. The van der Waals surface area contributed by atoms with Gasteiger partial charge >= 0.3 is 6.03 Å². The summed E-state index contributed by atoms with van der Waals surface area (Å²) in [5.41, 5.74) is -0.855. The average molecular weight is 366 g/mol. The van der Waals surface area contributed by atoms with Gasteiger partial charge in [0.1, 0.15) is 12.1 Å². The van der Waals surface area contributed by atoms with E-state index in [-0.39, 0.29) is 29.8 Å². The number of carbonyl (C=O) groups is 3. The van der Waals surface area contributed by atoms with Crippen molar-refractivity contribution in [2.75, 3.05) is 6.54 Å². The van der Waals surface area contributed by atoms with Crippen LogP contribution < -0.4 is 10.6 Å². The number of carbonyl (C=O) groups excluding carboxylic acids is 3. The van der Waals surface area contributed by atoms with E-state index in [1.165, 1.54) is 0 Å². The van der Waals surface area contributed by atoms with E-state index in [9.17, 15) is 14.4 Å². The molecular formula is C20H35N3O3. The van der Waals surface area contributed by atoms with Gasteiger partial charge in [0.25, 0.3) is 5.91 Å². The third kappa shape index (κ3) is 4.77. The van der Waals surface area contributed by atoms with Crippen LogP contribution in [0.2, 0.25) is 0 Å². The van der Waals surface area contributed by atoms with Crippen LogP contribution in [0.25, 0.3) is 0 Å². The fourth-order valence-corrected chi connectivity index (χ4v) is 4.77. The van der Waals surface area contributed by atoms with Crippen LogP contribution >= 0.6 is 0 Å². The van der Waals surface area contributed by atoms with Crippen molar-refractivity contribution in [3.05, 3.63) is 0 Å². The second-order valence-electron chi connectivity index (χ2n) is 9.70. The number of amides is 4. The van der Waals surface area contributed by atoms with Crippen LogP contribution in [-0.2, 0) is 9.59 Å². The maximum Gasteiger partial charge on any atom is 0.325 e. The van der Waals surface area contributed by atoms with Crippen LogP contribution in [-0.4, -0.2) is 40.9 Å². The fourth-order valence-electron chi connectivity index (χ4n) is 4.77. The molecule has 1 aliphatic carbocycles. The molecule has 1 saturated carbocycles. The van der Waals surface area contributed by atoms with Crippen molar-refractivity contribution in [3.63, 3.8) is 0 Å². The fraction of sp³-hybridized carbons (Fsp3) is 0.850. The van der Waals surface area contributed by atoms with Gasteiger partial charge in [-0.2, -0.15) is 0 Å². The lowest BCUT2D eigenvalue weighted by Crippen LogP contribution is -2.54. The number of imide groups is 1. The van der Waals surface area contributed by atoms with E-state index in [4.69, 9.17) is 0 Å². The number of urea groups is 1. The third-order valence-electron chi connectivity index (χ3n) is 5.51. The van der Waals surface area contributed by atoms with Gasteiger partial charge in [-0.05, 0) is 56.3 Å². The third-order valence-corrected chi connectivity index (χ3v) is 5.51. The van der Waals surface area contributed by atoms with Crippen molar-refractivity contribution in [1.82, 2.24) is 15.5 Å². The highest BCUT2D eigenvalue weighted by molar-refractivity contribution is 6.09. The molecular weight excluding hydrogens is 330 g/mol. The summed E-state index contributed by atoms with van der Waals surface area (Å²) in [5, 5.41) is 5.82. The Morgan fingerprint density at radius 2 is 1.88 bits per heavy atom. The summed E-state index contributed by atoms with van der Waals surface area (Å²) >= 11 is 0. The van der Waals surface area contributed by atoms with Gasteiger partial charge in [-0.3, -0.25) is 14.5 Å². The first kappa shape index (κ1) is 20.7. The summed E-state index contributed by atoms with van der Waals surface area (Å²) in [4.78, 5) is 38.9. The van der Waals surface area contributed by atoms with Crippen LogP contribution in [0.15, 0.2) is 0 Å². The summed E-state index contributed by atoms with van der Waals surface area (Å²) in [7, 11) is 0. The zero-order chi connectivity index (χ0) is 19.7. The Morgan fingerprint density at radius 1 is 1.23 bits per heavy atom. The first-order valence-electron chi connectivity index (χ1n) is 9.87. The second-order valence-corrected chi connectivity index (χ2v) is 9.70. The van der Waals surface area contributed by atoms with Gasteiger partial charge in [-0.1, -0.05) is 34.6 Å². The van der Waals surface area contributed by atoms with Crippen LogP contribution in [0.1, 0.15) is 73.6 Å². The van der Waals surface area contributed by atoms with Crippen molar-refractivity contribution in [2.24, 2.45) is 17.3 Å². The smallest absolute Gasteiger partial charge is 0.325 e. The highest BCUT2D eigenvalue weighted by Crippen LogP contribution is 2.46. The summed E-state index contributed by atoms with van der Waals surface area (Å²) in [5.74, 6) is 0.418. The van der Waals surface area contributed by atoms with E-state index in [2.05, 4.69) is 45.3 Å². The van der Waals surface area contributed by atoms with Crippen molar-refractivity contribution in [2.45, 2.75) is 85.2 Å². The van der Waals surface area contributed by atoms with E-state index >= 15 is 0 Å². The Kier molecular flexibility index (Phi) is 6.03. The van der Waals surface area contributed by atoms with E-state index < -0.39 is 11.6 Å². The van der Waals surface area contributed by atoms with Gasteiger partial charge in [0, 0.05) is 6.04 Å². The second kappa shape index (κ2) is 7.57. The Morgan fingerprint density at radius 3 is 2.46 bits per heavy atom. The lowest BCUT2D eigenvalue weighted by Gasteiger charge is -2.43. The quantitative estimate of drug-likeness (QED) is 0.710. The molecule has 3 unspecified atom stereocenters. The highest BCUT2D eigenvalue weighted by Gasteiger charge is 2.56. The lowest BCUT2D eigenvalue weighted by molar-refractivity contribution is -0.137. The molecule has 1 heterocycles. The maximum atomic E-state index is 13.0. The van der Waals surface area contributed by atoms with Gasteiger partial charge < -0.3 is 10.6 Å². The van der Waals surface area contributed by atoms with Crippen molar-refractivity contribution in [3.8, 4) is 0 Å². The van der Waals surface area contributed by atoms with Gasteiger partial charge in [-0.15, -0.1) is 0 Å². The molecule has 6 heteroatoms. The zero-order valence-electron chi connectivity index (χ0n) is 17.1. The SMILES string of the molecule is CC(C)CCC(C)NC(=O)CN1C(=O)NC2(CC(C)CC(C)(C)C2)C1=O. The van der Waals surface area contributed by atoms with Crippen LogP contribution in [0, 0.1) is 17.3 Å². The molecule has 2 rings (SSSR count). The van der Waals surface area contributed by atoms with Crippen molar-refractivity contribution < 1.29 is 14.4 Å². The first-order chi connectivity index (χ1) is 11.9. The Hall–Kier alpha value is -1.59. The highest BCUT2D eigenvalue weighted by atomic mass is 16.2. The maximum absolute atomic E-state index is 13.0. The molecule has 2 aliphatic rings. The minimum Gasteiger partial charge on any atom is -0.352 e. The molecule has 1 aliphatic heterocycles. The van der Waals surface area contributed by atoms with Crippen LogP contribution in [0.4, 0.5) is 4.79 Å². The summed E-state index contributed by atoms with van der Waals surface area (Å²) in [6, 6.07) is -0.404. The Balaban J connectivity index is 1.99. The van der Waals surface area contributed by atoms with E-state index in [0.29, 0.717) is 24.7 Å². The van der Waals surface area contributed by atoms with Gasteiger partial charge in [0.05, 0.1) is 0 Å². The summed E-state index contributed by atoms with van der Waals surface area (Å²) < 4.78 is 0. The van der Waals surface area contributed by atoms with Crippen LogP contribution in [0.5, 0.6) is 0 Å². The van der Waals surface area contributed by atoms with Crippen molar-refractivity contribution in [1.29, 1.82) is 0 Å². The molecule has 0 bridgehead atoms. The van der Waals surface area contributed by atoms with E-state index in [1.807, 2.05) is 6.92 Å². The Labute approximate surface area is 157 Å². The summed E-state index contributed by atoms with van der Waals surface area (Å²) in [6.07, 6.45) is 4.22. The predicted molar refractivity (Wildman–Crippen MR) is 101 cm³/mol. The monoisotopic (exact) mass is 365 g/mol. The molecule has 1 spiro atoms. The average Bonchev–Trinajstić information content (AvgIpc) is 2.66. The molecule has 2 N–H and O–H groups in total. The minimum absolute atomic E-state index is 0.00969. The van der Waals surface area contributed by atoms with E-state index in [1.54, 1.807) is 0 Å². The van der Waals surface area contributed by atoms with Gasteiger partial charge in [0.15, 0.2) is 0 Å². The van der Waals surface area contributed by atoms with Crippen LogP contribution in [0.3, 0.4) is 0 Å². The number of nitrogens with one attached hydrogen (secondary N) is 2. The molecule has 6 nitrogen and oxygen atoms in total. The molecule has 0 aromatic rings. The molecule has 3 atom stereocenters. The topological polar surface area (TPSA) is 78.5 Å². The molecule has 26 heavy (non-hydrogen) atoms.